The van der Waals surface area contributed by atoms with Crippen molar-refractivity contribution in [1.29, 1.82) is 0 Å². The van der Waals surface area contributed by atoms with Crippen LogP contribution in [-0.4, -0.2) is 43.1 Å². The highest BCUT2D eigenvalue weighted by molar-refractivity contribution is 5.94. The zero-order valence-electron chi connectivity index (χ0n) is 15.2. The maximum Gasteiger partial charge on any atom is 0.254 e. The Morgan fingerprint density at radius 3 is 2.48 bits per heavy atom. The topological polar surface area (TPSA) is 41.6 Å². The molecule has 0 spiro atoms. The molecule has 1 amide bonds. The van der Waals surface area contributed by atoms with E-state index in [0.29, 0.717) is 12.3 Å². The maximum absolute atomic E-state index is 14.2. The maximum atomic E-state index is 14.2. The lowest BCUT2D eigenvalue weighted by Gasteiger charge is -2.48. The normalized spacial score (nSPS) is 20.9. The molecule has 2 aliphatic rings. The average Bonchev–Trinajstić information content (AvgIpc) is 2.67. The van der Waals surface area contributed by atoms with Crippen molar-refractivity contribution in [2.45, 2.75) is 56.9 Å². The summed E-state index contributed by atoms with van der Waals surface area (Å²) in [7, 11) is 1.49. The summed E-state index contributed by atoms with van der Waals surface area (Å²) in [5, 5.41) is 3.02. The second kappa shape index (κ2) is 8.17. The lowest BCUT2D eigenvalue weighted by Crippen LogP contribution is -2.58. The molecule has 25 heavy (non-hydrogen) atoms. The van der Waals surface area contributed by atoms with Crippen molar-refractivity contribution < 1.29 is 13.9 Å². The van der Waals surface area contributed by atoms with E-state index in [4.69, 9.17) is 4.74 Å². The van der Waals surface area contributed by atoms with Crippen molar-refractivity contribution in [3.63, 3.8) is 0 Å². The number of benzene rings is 1. The van der Waals surface area contributed by atoms with Gasteiger partial charge in [-0.2, -0.15) is 0 Å². The number of nitrogens with zero attached hydrogens (tertiary/aromatic N) is 1. The Kier molecular flexibility index (Phi) is 5.94. The molecule has 4 nitrogen and oxygen atoms in total. The van der Waals surface area contributed by atoms with Crippen LogP contribution in [0.4, 0.5) is 4.39 Å². The highest BCUT2D eigenvalue weighted by atomic mass is 19.1. The Hall–Kier alpha value is -1.62. The first-order chi connectivity index (χ1) is 12.1. The molecule has 0 unspecified atom stereocenters. The number of hydrogen-bond donors (Lipinski definition) is 1. The number of halogens is 1. The molecule has 0 radical (unpaired) electrons. The minimum Gasteiger partial charge on any atom is -0.497 e. The first-order valence-electron chi connectivity index (χ1n) is 9.51. The largest absolute Gasteiger partial charge is 0.497 e. The molecule has 1 saturated carbocycles. The number of methoxy groups -OCH3 is 1. The first-order valence-corrected chi connectivity index (χ1v) is 9.51. The van der Waals surface area contributed by atoms with E-state index in [2.05, 4.69) is 10.2 Å². The summed E-state index contributed by atoms with van der Waals surface area (Å²) in [6.45, 7) is 2.84. The molecule has 0 aromatic heterocycles. The standard InChI is InChI=1S/C20H29FN2O2/c1-25-16-8-9-17(18(21)14-16)19(24)22-15-20(10-4-2-5-11-20)23-12-6-3-7-13-23/h8-9,14H,2-7,10-13,15H2,1H3,(H,22,24). The van der Waals surface area contributed by atoms with Crippen LogP contribution in [0.1, 0.15) is 61.7 Å². The summed E-state index contributed by atoms with van der Waals surface area (Å²) >= 11 is 0. The van der Waals surface area contributed by atoms with Gasteiger partial charge in [-0.05, 0) is 50.9 Å². The van der Waals surface area contributed by atoms with Gasteiger partial charge in [0.1, 0.15) is 11.6 Å². The van der Waals surface area contributed by atoms with Crippen LogP contribution >= 0.6 is 0 Å². The lowest BCUT2D eigenvalue weighted by molar-refractivity contribution is 0.0326. The third kappa shape index (κ3) is 4.14. The Bertz CT molecular complexity index is 593. The molecular weight excluding hydrogens is 319 g/mol. The van der Waals surface area contributed by atoms with Crippen molar-refractivity contribution in [1.82, 2.24) is 10.2 Å². The van der Waals surface area contributed by atoms with Crippen LogP contribution in [0.5, 0.6) is 5.75 Å². The van der Waals surface area contributed by atoms with Gasteiger partial charge in [0.05, 0.1) is 12.7 Å². The number of carbonyl (C=O) groups is 1. The van der Waals surface area contributed by atoms with Gasteiger partial charge >= 0.3 is 0 Å². The van der Waals surface area contributed by atoms with Crippen molar-refractivity contribution in [3.05, 3.63) is 29.6 Å². The van der Waals surface area contributed by atoms with E-state index in [1.807, 2.05) is 0 Å². The smallest absolute Gasteiger partial charge is 0.254 e. The molecular formula is C20H29FN2O2. The Morgan fingerprint density at radius 2 is 1.84 bits per heavy atom. The van der Waals surface area contributed by atoms with Crippen LogP contribution in [0.15, 0.2) is 18.2 Å². The summed E-state index contributed by atoms with van der Waals surface area (Å²) in [6.07, 6.45) is 9.72. The second-order valence-electron chi connectivity index (χ2n) is 7.36. The van der Waals surface area contributed by atoms with Gasteiger partial charge < -0.3 is 10.1 Å². The van der Waals surface area contributed by atoms with Crippen LogP contribution in [-0.2, 0) is 0 Å². The molecule has 1 aliphatic heterocycles. The number of amides is 1. The summed E-state index contributed by atoms with van der Waals surface area (Å²) in [5.74, 6) is -0.444. The minimum atomic E-state index is -0.535. The summed E-state index contributed by atoms with van der Waals surface area (Å²) in [5.41, 5.74) is 0.141. The number of carbonyl (C=O) groups excluding carboxylic acids is 1. The number of nitrogens with one attached hydrogen (secondary N) is 1. The van der Waals surface area contributed by atoms with Crippen molar-refractivity contribution in [2.75, 3.05) is 26.7 Å². The summed E-state index contributed by atoms with van der Waals surface area (Å²) in [4.78, 5) is 15.1. The second-order valence-corrected chi connectivity index (χ2v) is 7.36. The number of likely N-dealkylation sites (tertiary alicyclic amines) is 1. The van der Waals surface area contributed by atoms with Gasteiger partial charge in [-0.25, -0.2) is 4.39 Å². The molecule has 1 aliphatic carbocycles. The third-order valence-electron chi connectivity index (χ3n) is 5.81. The van der Waals surface area contributed by atoms with Crippen LogP contribution in [0.3, 0.4) is 0 Å². The van der Waals surface area contributed by atoms with Gasteiger partial charge in [-0.1, -0.05) is 25.7 Å². The molecule has 3 rings (SSSR count). The zero-order valence-corrected chi connectivity index (χ0v) is 15.2. The lowest BCUT2D eigenvalue weighted by atomic mass is 9.79. The third-order valence-corrected chi connectivity index (χ3v) is 5.81. The van der Waals surface area contributed by atoms with E-state index in [-0.39, 0.29) is 17.0 Å². The Balaban J connectivity index is 1.69. The van der Waals surface area contributed by atoms with E-state index < -0.39 is 5.82 Å². The molecule has 1 heterocycles. The Labute approximate surface area is 149 Å². The summed E-state index contributed by atoms with van der Waals surface area (Å²) < 4.78 is 19.2. The zero-order chi connectivity index (χ0) is 17.7. The van der Waals surface area contributed by atoms with Gasteiger partial charge in [-0.3, -0.25) is 9.69 Å². The highest BCUT2D eigenvalue weighted by Crippen LogP contribution is 2.35. The molecule has 1 saturated heterocycles. The number of piperidine rings is 1. The molecule has 0 atom stereocenters. The van der Waals surface area contributed by atoms with E-state index in [9.17, 15) is 9.18 Å². The highest BCUT2D eigenvalue weighted by Gasteiger charge is 2.38. The minimum absolute atomic E-state index is 0.0529. The fraction of sp³-hybridized carbons (Fsp3) is 0.650. The van der Waals surface area contributed by atoms with Gasteiger partial charge in [0.15, 0.2) is 0 Å². The summed E-state index contributed by atoms with van der Waals surface area (Å²) in [6, 6.07) is 4.38. The SMILES string of the molecule is COc1ccc(C(=O)NCC2(N3CCCCC3)CCCCC2)c(F)c1. The fourth-order valence-electron chi connectivity index (χ4n) is 4.33. The predicted molar refractivity (Wildman–Crippen MR) is 96.5 cm³/mol. The average molecular weight is 348 g/mol. The van der Waals surface area contributed by atoms with E-state index >= 15 is 0 Å². The van der Waals surface area contributed by atoms with Gasteiger partial charge in [0.25, 0.3) is 5.91 Å². The van der Waals surface area contributed by atoms with E-state index in [1.54, 1.807) is 6.07 Å². The Morgan fingerprint density at radius 1 is 1.16 bits per heavy atom. The quantitative estimate of drug-likeness (QED) is 0.881. The molecule has 5 heteroatoms. The molecule has 2 fully saturated rings. The van der Waals surface area contributed by atoms with Crippen LogP contribution in [0, 0.1) is 5.82 Å². The first kappa shape index (κ1) is 18.2. The number of hydrogen-bond acceptors (Lipinski definition) is 3. The fourth-order valence-corrected chi connectivity index (χ4v) is 4.33. The number of rotatable bonds is 5. The van der Waals surface area contributed by atoms with Crippen molar-refractivity contribution in [3.8, 4) is 5.75 Å². The van der Waals surface area contributed by atoms with Crippen LogP contribution in [0.25, 0.3) is 0 Å². The van der Waals surface area contributed by atoms with Gasteiger partial charge in [-0.15, -0.1) is 0 Å². The van der Waals surface area contributed by atoms with E-state index in [0.717, 1.165) is 25.9 Å². The van der Waals surface area contributed by atoms with Crippen molar-refractivity contribution >= 4 is 5.91 Å². The number of ether oxygens (including phenoxy) is 1. The monoisotopic (exact) mass is 348 g/mol. The molecule has 138 valence electrons. The van der Waals surface area contributed by atoms with Gasteiger partial charge in [0.2, 0.25) is 0 Å². The molecule has 1 N–H and O–H groups in total. The molecule has 0 bridgehead atoms. The van der Waals surface area contributed by atoms with E-state index in [1.165, 1.54) is 57.8 Å². The molecule has 1 aromatic carbocycles. The van der Waals surface area contributed by atoms with Crippen molar-refractivity contribution in [2.24, 2.45) is 0 Å². The predicted octanol–water partition coefficient (Wildman–Crippen LogP) is 3.75. The molecule has 1 aromatic rings. The van der Waals surface area contributed by atoms with Gasteiger partial charge in [0, 0.05) is 18.2 Å². The van der Waals surface area contributed by atoms with Crippen LogP contribution < -0.4 is 10.1 Å². The van der Waals surface area contributed by atoms with Crippen LogP contribution in [0.2, 0.25) is 0 Å².